The molecule has 2 aromatic rings. The lowest BCUT2D eigenvalue weighted by molar-refractivity contribution is -0.122. The average molecular weight is 288 g/mol. The van der Waals surface area contributed by atoms with Gasteiger partial charge in [-0.25, -0.2) is 4.98 Å². The SMILES string of the molecule is Cc1nc2ccccn2c1CC(=O)N[C@@H]1CCNC[C@H]1O. The molecule has 6 nitrogen and oxygen atoms in total. The van der Waals surface area contributed by atoms with Gasteiger partial charge in [-0.3, -0.25) is 4.79 Å². The molecule has 0 radical (unpaired) electrons. The molecule has 1 amide bonds. The topological polar surface area (TPSA) is 78.7 Å². The Balaban J connectivity index is 1.73. The molecule has 0 bridgehead atoms. The van der Waals surface area contributed by atoms with Crippen LogP contribution in [-0.4, -0.2) is 45.6 Å². The molecule has 3 rings (SSSR count). The highest BCUT2D eigenvalue weighted by molar-refractivity contribution is 5.79. The third-order valence-electron chi connectivity index (χ3n) is 3.95. The Bertz CT molecular complexity index is 652. The smallest absolute Gasteiger partial charge is 0.226 e. The number of carbonyl (C=O) groups is 1. The summed E-state index contributed by atoms with van der Waals surface area (Å²) in [7, 11) is 0. The summed E-state index contributed by atoms with van der Waals surface area (Å²) >= 11 is 0. The number of aryl methyl sites for hydroxylation is 1. The molecule has 1 fully saturated rings. The van der Waals surface area contributed by atoms with E-state index in [2.05, 4.69) is 15.6 Å². The van der Waals surface area contributed by atoms with Crippen LogP contribution >= 0.6 is 0 Å². The van der Waals surface area contributed by atoms with Gasteiger partial charge in [0.05, 0.1) is 30.0 Å². The third-order valence-corrected chi connectivity index (χ3v) is 3.95. The fourth-order valence-corrected chi connectivity index (χ4v) is 2.80. The number of pyridine rings is 1. The highest BCUT2D eigenvalue weighted by atomic mass is 16.3. The minimum Gasteiger partial charge on any atom is -0.390 e. The van der Waals surface area contributed by atoms with Crippen molar-refractivity contribution in [2.75, 3.05) is 13.1 Å². The Hall–Kier alpha value is -1.92. The van der Waals surface area contributed by atoms with Crippen LogP contribution in [0.5, 0.6) is 0 Å². The first-order valence-electron chi connectivity index (χ1n) is 7.26. The van der Waals surface area contributed by atoms with Crippen LogP contribution in [0, 0.1) is 6.92 Å². The van der Waals surface area contributed by atoms with Gasteiger partial charge in [0, 0.05) is 12.7 Å². The van der Waals surface area contributed by atoms with Crippen molar-refractivity contribution in [3.05, 3.63) is 35.8 Å². The van der Waals surface area contributed by atoms with E-state index < -0.39 is 6.10 Å². The molecule has 2 aromatic heterocycles. The number of imidazole rings is 1. The summed E-state index contributed by atoms with van der Waals surface area (Å²) in [5, 5.41) is 15.9. The number of aliphatic hydroxyl groups is 1. The number of amides is 1. The molecule has 0 unspecified atom stereocenters. The van der Waals surface area contributed by atoms with Gasteiger partial charge < -0.3 is 20.1 Å². The summed E-state index contributed by atoms with van der Waals surface area (Å²) < 4.78 is 1.94. The predicted molar refractivity (Wildman–Crippen MR) is 79.1 cm³/mol. The standard InChI is InChI=1S/C15H20N4O2/c1-10-12(19-7-3-2-4-14(19)17-10)8-15(21)18-11-5-6-16-9-13(11)20/h2-4,7,11,13,16,20H,5-6,8-9H2,1H3,(H,18,21)/t11-,13-/m1/s1. The number of fused-ring (bicyclic) bond motifs is 1. The van der Waals surface area contributed by atoms with Crippen molar-refractivity contribution < 1.29 is 9.90 Å². The highest BCUT2D eigenvalue weighted by Crippen LogP contribution is 2.13. The number of aromatic nitrogens is 2. The van der Waals surface area contributed by atoms with Crippen LogP contribution < -0.4 is 10.6 Å². The predicted octanol–water partition coefficient (Wildman–Crippen LogP) is 0.0242. The lowest BCUT2D eigenvalue weighted by atomic mass is 10.0. The number of piperidine rings is 1. The van der Waals surface area contributed by atoms with E-state index in [4.69, 9.17) is 0 Å². The zero-order valence-electron chi connectivity index (χ0n) is 12.0. The summed E-state index contributed by atoms with van der Waals surface area (Å²) in [5.41, 5.74) is 2.61. The number of rotatable bonds is 3. The molecule has 0 aliphatic carbocycles. The zero-order chi connectivity index (χ0) is 14.8. The van der Waals surface area contributed by atoms with E-state index in [1.165, 1.54) is 0 Å². The van der Waals surface area contributed by atoms with Crippen molar-refractivity contribution in [2.24, 2.45) is 0 Å². The molecule has 1 aliphatic heterocycles. The van der Waals surface area contributed by atoms with Gasteiger partial charge >= 0.3 is 0 Å². The molecule has 1 aliphatic rings. The lowest BCUT2D eigenvalue weighted by Crippen LogP contribution is -2.53. The van der Waals surface area contributed by atoms with Gasteiger partial charge in [0.25, 0.3) is 0 Å². The van der Waals surface area contributed by atoms with Crippen LogP contribution in [0.1, 0.15) is 17.8 Å². The number of nitrogens with one attached hydrogen (secondary N) is 2. The molecular formula is C15H20N4O2. The summed E-state index contributed by atoms with van der Waals surface area (Å²) in [4.78, 5) is 16.7. The molecule has 3 heterocycles. The van der Waals surface area contributed by atoms with Gasteiger partial charge in [0.1, 0.15) is 5.65 Å². The van der Waals surface area contributed by atoms with Crippen molar-refractivity contribution >= 4 is 11.6 Å². The van der Waals surface area contributed by atoms with Gasteiger partial charge in [0.2, 0.25) is 5.91 Å². The van der Waals surface area contributed by atoms with Crippen LogP contribution in [0.15, 0.2) is 24.4 Å². The Kier molecular flexibility index (Phi) is 3.90. The van der Waals surface area contributed by atoms with Crippen molar-refractivity contribution in [1.29, 1.82) is 0 Å². The van der Waals surface area contributed by atoms with Crippen LogP contribution in [-0.2, 0) is 11.2 Å². The van der Waals surface area contributed by atoms with E-state index in [1.54, 1.807) is 0 Å². The maximum atomic E-state index is 12.2. The van der Waals surface area contributed by atoms with E-state index in [0.29, 0.717) is 6.54 Å². The van der Waals surface area contributed by atoms with E-state index in [9.17, 15) is 9.90 Å². The summed E-state index contributed by atoms with van der Waals surface area (Å²) in [6.07, 6.45) is 2.41. The summed E-state index contributed by atoms with van der Waals surface area (Å²) in [5.74, 6) is -0.0743. The maximum Gasteiger partial charge on any atom is 0.226 e. The molecule has 6 heteroatoms. The fraction of sp³-hybridized carbons (Fsp3) is 0.467. The molecule has 2 atom stereocenters. The Labute approximate surface area is 123 Å². The number of hydrogen-bond donors (Lipinski definition) is 3. The number of carbonyl (C=O) groups excluding carboxylic acids is 1. The molecule has 112 valence electrons. The Morgan fingerprint density at radius 1 is 1.57 bits per heavy atom. The van der Waals surface area contributed by atoms with Gasteiger partial charge in [-0.2, -0.15) is 0 Å². The first-order chi connectivity index (χ1) is 10.1. The maximum absolute atomic E-state index is 12.2. The molecule has 21 heavy (non-hydrogen) atoms. The minimum absolute atomic E-state index is 0.0743. The Morgan fingerprint density at radius 2 is 2.43 bits per heavy atom. The second kappa shape index (κ2) is 5.83. The summed E-state index contributed by atoms with van der Waals surface area (Å²) in [6.45, 7) is 3.26. The first kappa shape index (κ1) is 14.0. The molecule has 1 saturated heterocycles. The average Bonchev–Trinajstić information content (AvgIpc) is 2.78. The highest BCUT2D eigenvalue weighted by Gasteiger charge is 2.24. The molecule has 0 saturated carbocycles. The number of nitrogens with zero attached hydrogens (tertiary/aromatic N) is 2. The van der Waals surface area contributed by atoms with Gasteiger partial charge in [-0.1, -0.05) is 6.07 Å². The first-order valence-corrected chi connectivity index (χ1v) is 7.26. The molecule has 3 N–H and O–H groups in total. The third kappa shape index (κ3) is 2.91. The second-order valence-corrected chi connectivity index (χ2v) is 5.48. The van der Waals surface area contributed by atoms with Gasteiger partial charge in [-0.15, -0.1) is 0 Å². The molecule has 0 aromatic carbocycles. The van der Waals surface area contributed by atoms with Crippen LogP contribution in [0.25, 0.3) is 5.65 Å². The van der Waals surface area contributed by atoms with Crippen molar-refractivity contribution in [2.45, 2.75) is 31.9 Å². The normalized spacial score (nSPS) is 22.4. The number of hydrogen-bond acceptors (Lipinski definition) is 4. The number of β-amino-alcohol motifs (C(OH)–C–C–N with tert-alkyl or cyclic N) is 1. The Morgan fingerprint density at radius 3 is 3.24 bits per heavy atom. The molecule has 0 spiro atoms. The summed E-state index contributed by atoms with van der Waals surface area (Å²) in [6, 6.07) is 5.60. The quantitative estimate of drug-likeness (QED) is 0.744. The van der Waals surface area contributed by atoms with Crippen LogP contribution in [0.4, 0.5) is 0 Å². The van der Waals surface area contributed by atoms with E-state index in [0.717, 1.165) is 30.0 Å². The largest absolute Gasteiger partial charge is 0.390 e. The monoisotopic (exact) mass is 288 g/mol. The van der Waals surface area contributed by atoms with Crippen molar-refractivity contribution in [3.63, 3.8) is 0 Å². The van der Waals surface area contributed by atoms with E-state index in [1.807, 2.05) is 35.7 Å². The van der Waals surface area contributed by atoms with Crippen LogP contribution in [0.3, 0.4) is 0 Å². The fourth-order valence-electron chi connectivity index (χ4n) is 2.80. The van der Waals surface area contributed by atoms with E-state index in [-0.39, 0.29) is 18.4 Å². The lowest BCUT2D eigenvalue weighted by Gasteiger charge is -2.29. The molecular weight excluding hydrogens is 268 g/mol. The van der Waals surface area contributed by atoms with Crippen molar-refractivity contribution in [1.82, 2.24) is 20.0 Å². The van der Waals surface area contributed by atoms with Crippen LogP contribution in [0.2, 0.25) is 0 Å². The van der Waals surface area contributed by atoms with Gasteiger partial charge in [0.15, 0.2) is 0 Å². The van der Waals surface area contributed by atoms with Crippen molar-refractivity contribution in [3.8, 4) is 0 Å². The van der Waals surface area contributed by atoms with Gasteiger partial charge in [-0.05, 0) is 32.0 Å². The second-order valence-electron chi connectivity index (χ2n) is 5.48. The minimum atomic E-state index is -0.522. The zero-order valence-corrected chi connectivity index (χ0v) is 12.0. The number of aliphatic hydroxyl groups excluding tert-OH is 1. The van der Waals surface area contributed by atoms with E-state index >= 15 is 0 Å².